The van der Waals surface area contributed by atoms with Gasteiger partial charge in [-0.2, -0.15) is 0 Å². The van der Waals surface area contributed by atoms with Gasteiger partial charge in [0.2, 0.25) is 5.91 Å². The molecule has 0 aromatic heterocycles. The number of nitrogens with one attached hydrogen (secondary N) is 3. The molecule has 0 unspecified atom stereocenters. The fourth-order valence-electron chi connectivity index (χ4n) is 1.50. The number of carbonyl (C=O) groups is 2. The molecule has 1 aliphatic rings. The van der Waals surface area contributed by atoms with Crippen molar-refractivity contribution in [3.63, 3.8) is 0 Å². The summed E-state index contributed by atoms with van der Waals surface area (Å²) in [5.74, 6) is 0.0674. The van der Waals surface area contributed by atoms with E-state index in [1.54, 1.807) is 24.3 Å². The molecule has 3 amide bonds. The van der Waals surface area contributed by atoms with Crippen LogP contribution in [-0.2, 0) is 4.79 Å². The van der Waals surface area contributed by atoms with E-state index in [2.05, 4.69) is 16.0 Å². The third-order valence-corrected chi connectivity index (χ3v) is 2.57. The molecule has 1 aromatic carbocycles. The molecular formula is C11H14N4O2. The molecule has 2 rings (SSSR count). The van der Waals surface area contributed by atoms with Crippen molar-refractivity contribution >= 4 is 23.3 Å². The van der Waals surface area contributed by atoms with Crippen molar-refractivity contribution in [2.24, 2.45) is 11.7 Å². The Balaban J connectivity index is 1.93. The molecule has 1 aromatic rings. The van der Waals surface area contributed by atoms with Crippen molar-refractivity contribution in [2.75, 3.05) is 23.7 Å². The summed E-state index contributed by atoms with van der Waals surface area (Å²) in [4.78, 5) is 22.2. The Kier molecular flexibility index (Phi) is 3.24. The molecular weight excluding hydrogens is 220 g/mol. The number of hydrogen-bond acceptors (Lipinski definition) is 3. The molecule has 0 atom stereocenters. The van der Waals surface area contributed by atoms with Crippen LogP contribution < -0.4 is 21.7 Å². The molecule has 90 valence electrons. The van der Waals surface area contributed by atoms with Gasteiger partial charge in [0.1, 0.15) is 0 Å². The molecule has 6 nitrogen and oxygen atoms in total. The van der Waals surface area contributed by atoms with Gasteiger partial charge in [0.15, 0.2) is 0 Å². The smallest absolute Gasteiger partial charge is 0.316 e. The number of amides is 3. The van der Waals surface area contributed by atoms with Crippen LogP contribution in [0.25, 0.3) is 0 Å². The highest BCUT2D eigenvalue weighted by molar-refractivity contribution is 5.94. The highest BCUT2D eigenvalue weighted by Crippen LogP contribution is 2.15. The normalized spacial score (nSPS) is 14.8. The van der Waals surface area contributed by atoms with E-state index in [0.717, 1.165) is 13.1 Å². The summed E-state index contributed by atoms with van der Waals surface area (Å²) in [6.45, 7) is 1.46. The third kappa shape index (κ3) is 2.94. The first kappa shape index (κ1) is 11.4. The minimum atomic E-state index is -0.609. The first-order valence-electron chi connectivity index (χ1n) is 5.33. The van der Waals surface area contributed by atoms with E-state index < -0.39 is 6.03 Å². The standard InChI is InChI=1S/C11H14N4O2/c12-11(17)15-9-3-1-8(2-4-9)14-10(16)7-5-13-6-7/h1-4,7,13H,5-6H2,(H,14,16)(H3,12,15,17). The Hall–Kier alpha value is -2.08. The number of hydrogen-bond donors (Lipinski definition) is 4. The van der Waals surface area contributed by atoms with Gasteiger partial charge in [-0.3, -0.25) is 4.79 Å². The maximum atomic E-state index is 11.6. The lowest BCUT2D eigenvalue weighted by Gasteiger charge is -2.25. The second kappa shape index (κ2) is 4.84. The molecule has 0 saturated carbocycles. The topological polar surface area (TPSA) is 96.2 Å². The van der Waals surface area contributed by atoms with E-state index in [1.807, 2.05) is 0 Å². The van der Waals surface area contributed by atoms with Gasteiger partial charge in [-0.15, -0.1) is 0 Å². The highest BCUT2D eigenvalue weighted by atomic mass is 16.2. The van der Waals surface area contributed by atoms with Crippen LogP contribution in [0.1, 0.15) is 0 Å². The maximum absolute atomic E-state index is 11.6. The number of benzene rings is 1. The number of primary amides is 1. The number of urea groups is 1. The third-order valence-electron chi connectivity index (χ3n) is 2.57. The second-order valence-corrected chi connectivity index (χ2v) is 3.91. The Morgan fingerprint density at radius 3 is 2.06 bits per heavy atom. The molecule has 1 aliphatic heterocycles. The van der Waals surface area contributed by atoms with Gasteiger partial charge in [-0.05, 0) is 24.3 Å². The van der Waals surface area contributed by atoms with Crippen molar-refractivity contribution in [3.05, 3.63) is 24.3 Å². The molecule has 0 aliphatic carbocycles. The van der Waals surface area contributed by atoms with Crippen molar-refractivity contribution in [3.8, 4) is 0 Å². The van der Waals surface area contributed by atoms with Crippen LogP contribution in [0.3, 0.4) is 0 Å². The molecule has 0 radical (unpaired) electrons. The largest absolute Gasteiger partial charge is 0.351 e. The number of rotatable bonds is 3. The minimum Gasteiger partial charge on any atom is -0.351 e. The maximum Gasteiger partial charge on any atom is 0.316 e. The van der Waals surface area contributed by atoms with Crippen LogP contribution >= 0.6 is 0 Å². The van der Waals surface area contributed by atoms with Crippen LogP contribution in [0.4, 0.5) is 16.2 Å². The summed E-state index contributed by atoms with van der Waals surface area (Å²) < 4.78 is 0. The van der Waals surface area contributed by atoms with Crippen molar-refractivity contribution < 1.29 is 9.59 Å². The summed E-state index contributed by atoms with van der Waals surface area (Å²) in [7, 11) is 0. The van der Waals surface area contributed by atoms with Crippen molar-refractivity contribution in [1.82, 2.24) is 5.32 Å². The van der Waals surface area contributed by atoms with Gasteiger partial charge in [-0.25, -0.2) is 4.79 Å². The zero-order chi connectivity index (χ0) is 12.3. The number of nitrogens with two attached hydrogens (primary N) is 1. The fraction of sp³-hybridized carbons (Fsp3) is 0.273. The summed E-state index contributed by atoms with van der Waals surface area (Å²) >= 11 is 0. The summed E-state index contributed by atoms with van der Waals surface area (Å²) in [5, 5.41) is 8.28. The highest BCUT2D eigenvalue weighted by Gasteiger charge is 2.24. The number of anilines is 2. The lowest BCUT2D eigenvalue weighted by atomic mass is 10.0. The fourth-order valence-corrected chi connectivity index (χ4v) is 1.50. The predicted octanol–water partition coefficient (Wildman–Crippen LogP) is 0.335. The lowest BCUT2D eigenvalue weighted by molar-refractivity contribution is -0.121. The van der Waals surface area contributed by atoms with Crippen molar-refractivity contribution in [1.29, 1.82) is 0 Å². The zero-order valence-electron chi connectivity index (χ0n) is 9.19. The van der Waals surface area contributed by atoms with Gasteiger partial charge >= 0.3 is 6.03 Å². The first-order valence-corrected chi connectivity index (χ1v) is 5.33. The average Bonchev–Trinajstić information content (AvgIpc) is 2.17. The van der Waals surface area contributed by atoms with Crippen LogP contribution in [0.15, 0.2) is 24.3 Å². The van der Waals surface area contributed by atoms with Gasteiger partial charge in [0.05, 0.1) is 5.92 Å². The van der Waals surface area contributed by atoms with Crippen LogP contribution in [-0.4, -0.2) is 25.0 Å². The SMILES string of the molecule is NC(=O)Nc1ccc(NC(=O)C2CNC2)cc1. The van der Waals surface area contributed by atoms with E-state index in [-0.39, 0.29) is 11.8 Å². The Bertz CT molecular complexity index is 426. The van der Waals surface area contributed by atoms with E-state index in [9.17, 15) is 9.59 Å². The van der Waals surface area contributed by atoms with E-state index in [4.69, 9.17) is 5.73 Å². The van der Waals surface area contributed by atoms with Gasteiger partial charge in [0.25, 0.3) is 0 Å². The quantitative estimate of drug-likeness (QED) is 0.607. The van der Waals surface area contributed by atoms with Crippen molar-refractivity contribution in [2.45, 2.75) is 0 Å². The molecule has 0 bridgehead atoms. The molecule has 17 heavy (non-hydrogen) atoms. The Labute approximate surface area is 98.6 Å². The molecule has 6 heteroatoms. The van der Waals surface area contributed by atoms with E-state index in [0.29, 0.717) is 11.4 Å². The summed E-state index contributed by atoms with van der Waals surface area (Å²) in [6, 6.07) is 6.19. The number of carbonyl (C=O) groups excluding carboxylic acids is 2. The molecule has 1 fully saturated rings. The van der Waals surface area contributed by atoms with Gasteiger partial charge in [0, 0.05) is 24.5 Å². The molecule has 5 N–H and O–H groups in total. The second-order valence-electron chi connectivity index (χ2n) is 3.91. The average molecular weight is 234 g/mol. The minimum absolute atomic E-state index is 0.0133. The van der Waals surface area contributed by atoms with Crippen LogP contribution in [0.2, 0.25) is 0 Å². The monoisotopic (exact) mass is 234 g/mol. The molecule has 1 heterocycles. The first-order chi connectivity index (χ1) is 8.15. The Morgan fingerprint density at radius 1 is 1.12 bits per heavy atom. The van der Waals surface area contributed by atoms with Gasteiger partial charge in [-0.1, -0.05) is 0 Å². The van der Waals surface area contributed by atoms with Crippen LogP contribution in [0.5, 0.6) is 0 Å². The van der Waals surface area contributed by atoms with E-state index in [1.165, 1.54) is 0 Å². The molecule has 1 saturated heterocycles. The Morgan fingerprint density at radius 2 is 1.65 bits per heavy atom. The van der Waals surface area contributed by atoms with Crippen LogP contribution in [0, 0.1) is 5.92 Å². The summed E-state index contributed by atoms with van der Waals surface area (Å²) in [6.07, 6.45) is 0. The van der Waals surface area contributed by atoms with E-state index >= 15 is 0 Å². The summed E-state index contributed by atoms with van der Waals surface area (Å²) in [5.41, 5.74) is 6.29. The molecule has 0 spiro atoms. The van der Waals surface area contributed by atoms with Gasteiger partial charge < -0.3 is 21.7 Å². The predicted molar refractivity (Wildman–Crippen MR) is 64.6 cm³/mol. The zero-order valence-corrected chi connectivity index (χ0v) is 9.19. The lowest BCUT2D eigenvalue weighted by Crippen LogP contribution is -2.48.